The Balaban J connectivity index is 1.56. The van der Waals surface area contributed by atoms with Crippen molar-refractivity contribution in [2.24, 2.45) is 5.92 Å². The average molecular weight is 348 g/mol. The van der Waals surface area contributed by atoms with Gasteiger partial charge < -0.3 is 14.6 Å². The summed E-state index contributed by atoms with van der Waals surface area (Å²) >= 11 is 0. The number of nitrogens with one attached hydrogen (secondary N) is 1. The van der Waals surface area contributed by atoms with Crippen molar-refractivity contribution >= 4 is 16.8 Å². The second kappa shape index (κ2) is 7.34. The van der Waals surface area contributed by atoms with E-state index >= 15 is 0 Å². The Hall–Kier alpha value is -2.59. The fourth-order valence-electron chi connectivity index (χ4n) is 3.39. The Morgan fingerprint density at radius 3 is 2.69 bits per heavy atom. The average Bonchev–Trinajstić information content (AvgIpc) is 3.37. The molecule has 1 aliphatic rings. The van der Waals surface area contributed by atoms with Crippen LogP contribution in [-0.4, -0.2) is 42.6 Å². The van der Waals surface area contributed by atoms with E-state index in [4.69, 9.17) is 4.74 Å². The predicted molar refractivity (Wildman–Crippen MR) is 104 cm³/mol. The third-order valence-corrected chi connectivity index (χ3v) is 5.06. The number of hydrogen-bond donors (Lipinski definition) is 1. The molecule has 1 saturated carbocycles. The number of fused-ring (bicyclic) bond motifs is 1. The van der Waals surface area contributed by atoms with Crippen LogP contribution in [0, 0.1) is 5.92 Å². The molecule has 0 aliphatic heterocycles. The normalized spacial score (nSPS) is 13.9. The topological polar surface area (TPSA) is 45.3 Å². The van der Waals surface area contributed by atoms with E-state index in [-0.39, 0.29) is 5.91 Å². The number of methoxy groups -OCH3 is 1. The maximum absolute atomic E-state index is 12.9. The van der Waals surface area contributed by atoms with Gasteiger partial charge >= 0.3 is 0 Å². The van der Waals surface area contributed by atoms with Gasteiger partial charge in [0, 0.05) is 37.5 Å². The van der Waals surface area contributed by atoms with Gasteiger partial charge in [-0.2, -0.15) is 0 Å². The van der Waals surface area contributed by atoms with Gasteiger partial charge in [-0.25, -0.2) is 0 Å². The third kappa shape index (κ3) is 3.51. The van der Waals surface area contributed by atoms with Crippen molar-refractivity contribution in [1.29, 1.82) is 0 Å². The lowest BCUT2D eigenvalue weighted by Gasteiger charge is -2.22. The monoisotopic (exact) mass is 348 g/mol. The van der Waals surface area contributed by atoms with E-state index in [9.17, 15) is 4.79 Å². The molecule has 26 heavy (non-hydrogen) atoms. The Bertz CT molecular complexity index is 894. The number of hydrogen-bond acceptors (Lipinski definition) is 2. The number of aromatic nitrogens is 1. The van der Waals surface area contributed by atoms with E-state index in [0.29, 0.717) is 19.1 Å². The summed E-state index contributed by atoms with van der Waals surface area (Å²) in [5, 5.41) is 1.19. The minimum atomic E-state index is 0.0959. The number of para-hydroxylation sites is 1. The van der Waals surface area contributed by atoms with Crippen LogP contribution in [-0.2, 0) is 4.74 Å². The highest BCUT2D eigenvalue weighted by Gasteiger charge is 2.27. The summed E-state index contributed by atoms with van der Waals surface area (Å²) in [4.78, 5) is 18.1. The molecule has 0 radical (unpaired) electrons. The number of ether oxygens (including phenoxy) is 1. The molecule has 4 nitrogen and oxygen atoms in total. The van der Waals surface area contributed by atoms with Gasteiger partial charge in [0.15, 0.2) is 0 Å². The van der Waals surface area contributed by atoms with Crippen LogP contribution in [0.15, 0.2) is 54.7 Å². The largest absolute Gasteiger partial charge is 0.383 e. The number of carbonyl (C=O) groups excluding carboxylic acids is 1. The minimum Gasteiger partial charge on any atom is -0.383 e. The fraction of sp³-hybridized carbons (Fsp3) is 0.318. The van der Waals surface area contributed by atoms with Gasteiger partial charge in [-0.1, -0.05) is 30.3 Å². The number of aromatic amines is 1. The van der Waals surface area contributed by atoms with E-state index in [1.54, 1.807) is 7.11 Å². The summed E-state index contributed by atoms with van der Waals surface area (Å²) < 4.78 is 5.17. The van der Waals surface area contributed by atoms with Crippen molar-refractivity contribution in [1.82, 2.24) is 9.88 Å². The summed E-state index contributed by atoms with van der Waals surface area (Å²) in [6.07, 6.45) is 4.42. The summed E-state index contributed by atoms with van der Waals surface area (Å²) in [7, 11) is 1.68. The molecular formula is C22H24N2O2. The minimum absolute atomic E-state index is 0.0959. The zero-order chi connectivity index (χ0) is 17.9. The van der Waals surface area contributed by atoms with Crippen molar-refractivity contribution in [2.45, 2.75) is 12.8 Å². The van der Waals surface area contributed by atoms with Crippen molar-refractivity contribution in [3.8, 4) is 11.1 Å². The summed E-state index contributed by atoms with van der Waals surface area (Å²) in [5.41, 5.74) is 4.13. The number of nitrogens with zero attached hydrogens (tertiary/aromatic N) is 1. The highest BCUT2D eigenvalue weighted by molar-refractivity contribution is 5.97. The predicted octanol–water partition coefficient (Wildman–Crippen LogP) is 4.33. The molecule has 3 aromatic rings. The number of rotatable bonds is 7. The van der Waals surface area contributed by atoms with Gasteiger partial charge in [0.1, 0.15) is 0 Å². The van der Waals surface area contributed by atoms with Gasteiger partial charge in [0.05, 0.1) is 12.1 Å². The van der Waals surface area contributed by atoms with Crippen molar-refractivity contribution < 1.29 is 9.53 Å². The van der Waals surface area contributed by atoms with Crippen LogP contribution in [0.4, 0.5) is 0 Å². The molecule has 4 heteroatoms. The van der Waals surface area contributed by atoms with Crippen LogP contribution in [0.25, 0.3) is 22.0 Å². The van der Waals surface area contributed by atoms with Crippen LogP contribution in [0.3, 0.4) is 0 Å². The zero-order valence-corrected chi connectivity index (χ0v) is 15.1. The van der Waals surface area contributed by atoms with Crippen LogP contribution < -0.4 is 0 Å². The molecule has 1 aliphatic carbocycles. The first-order valence-electron chi connectivity index (χ1n) is 9.21. The van der Waals surface area contributed by atoms with Crippen molar-refractivity contribution in [3.63, 3.8) is 0 Å². The Morgan fingerprint density at radius 1 is 1.15 bits per heavy atom. The van der Waals surface area contributed by atoms with Crippen LogP contribution in [0.1, 0.15) is 23.2 Å². The number of carbonyl (C=O) groups is 1. The van der Waals surface area contributed by atoms with Gasteiger partial charge in [0.2, 0.25) is 0 Å². The molecule has 134 valence electrons. The van der Waals surface area contributed by atoms with Gasteiger partial charge in [-0.15, -0.1) is 0 Å². The lowest BCUT2D eigenvalue weighted by Crippen LogP contribution is -2.35. The van der Waals surface area contributed by atoms with E-state index < -0.39 is 0 Å². The molecule has 1 amide bonds. The maximum Gasteiger partial charge on any atom is 0.253 e. The summed E-state index contributed by atoms with van der Waals surface area (Å²) in [6, 6.07) is 16.3. The quantitative estimate of drug-likeness (QED) is 0.690. The van der Waals surface area contributed by atoms with E-state index in [2.05, 4.69) is 29.2 Å². The standard InChI is InChI=1S/C22H24N2O2/c1-26-14-13-24(15-16-5-6-16)22(25)19-9-7-17(8-10-19)20-4-2-3-18-11-12-23-21(18)20/h2-4,7-12,16,23H,5-6,13-15H2,1H3. The zero-order valence-electron chi connectivity index (χ0n) is 15.1. The Morgan fingerprint density at radius 2 is 1.96 bits per heavy atom. The molecular weight excluding hydrogens is 324 g/mol. The second-order valence-corrected chi connectivity index (χ2v) is 7.01. The molecule has 1 fully saturated rings. The highest BCUT2D eigenvalue weighted by atomic mass is 16.5. The fourth-order valence-corrected chi connectivity index (χ4v) is 3.39. The third-order valence-electron chi connectivity index (χ3n) is 5.06. The first kappa shape index (κ1) is 16.9. The maximum atomic E-state index is 12.9. The number of benzene rings is 2. The molecule has 0 atom stereocenters. The Kier molecular flexibility index (Phi) is 4.76. The Labute approximate surface area is 153 Å². The smallest absolute Gasteiger partial charge is 0.253 e. The number of H-pyrrole nitrogens is 1. The second-order valence-electron chi connectivity index (χ2n) is 7.01. The molecule has 0 saturated heterocycles. The van der Waals surface area contributed by atoms with Crippen molar-refractivity contribution in [2.75, 3.05) is 26.8 Å². The molecule has 0 bridgehead atoms. The van der Waals surface area contributed by atoms with Crippen LogP contribution >= 0.6 is 0 Å². The molecule has 1 N–H and O–H groups in total. The first-order valence-corrected chi connectivity index (χ1v) is 9.21. The molecule has 1 aromatic heterocycles. The van der Waals surface area contributed by atoms with Gasteiger partial charge in [-0.3, -0.25) is 4.79 Å². The van der Waals surface area contributed by atoms with Gasteiger partial charge in [-0.05, 0) is 47.9 Å². The lowest BCUT2D eigenvalue weighted by atomic mass is 10.0. The van der Waals surface area contributed by atoms with Crippen molar-refractivity contribution in [3.05, 3.63) is 60.3 Å². The summed E-state index contributed by atoms with van der Waals surface area (Å²) in [5.74, 6) is 0.763. The SMILES string of the molecule is COCCN(CC1CC1)C(=O)c1ccc(-c2cccc3cc[nH]c23)cc1. The van der Waals surface area contributed by atoms with Gasteiger partial charge in [0.25, 0.3) is 5.91 Å². The number of amides is 1. The van der Waals surface area contributed by atoms with E-state index in [0.717, 1.165) is 28.8 Å². The van der Waals surface area contributed by atoms with E-state index in [1.807, 2.05) is 35.4 Å². The first-order chi connectivity index (χ1) is 12.8. The molecule has 2 aromatic carbocycles. The lowest BCUT2D eigenvalue weighted by molar-refractivity contribution is 0.0686. The molecule has 1 heterocycles. The van der Waals surface area contributed by atoms with Crippen LogP contribution in [0.2, 0.25) is 0 Å². The van der Waals surface area contributed by atoms with Crippen LogP contribution in [0.5, 0.6) is 0 Å². The van der Waals surface area contributed by atoms with E-state index in [1.165, 1.54) is 18.2 Å². The summed E-state index contributed by atoms with van der Waals surface area (Å²) in [6.45, 7) is 2.06. The highest BCUT2D eigenvalue weighted by Crippen LogP contribution is 2.31. The molecule has 4 rings (SSSR count). The molecule has 0 unspecified atom stereocenters. The molecule has 0 spiro atoms.